The Morgan fingerprint density at radius 1 is 1.32 bits per heavy atom. The van der Waals surface area contributed by atoms with E-state index in [9.17, 15) is 8.42 Å². The largest absolute Gasteiger partial charge is 0.325 e. The molecule has 2 rings (SSSR count). The molecule has 1 aliphatic rings. The van der Waals surface area contributed by atoms with Crippen LogP contribution < -0.4 is 10.5 Å². The van der Waals surface area contributed by atoms with Gasteiger partial charge in [0.2, 0.25) is 10.0 Å². The molecule has 0 spiro atoms. The molecule has 0 aliphatic carbocycles. The Morgan fingerprint density at radius 2 is 2.05 bits per heavy atom. The van der Waals surface area contributed by atoms with E-state index in [1.54, 1.807) is 6.07 Å². The number of likely N-dealkylation sites (tertiary alicyclic amines) is 1. The quantitative estimate of drug-likeness (QED) is 0.762. The van der Waals surface area contributed by atoms with Gasteiger partial charge in [0, 0.05) is 25.8 Å². The molecule has 7 heteroatoms. The van der Waals surface area contributed by atoms with Crippen molar-refractivity contribution in [1.29, 1.82) is 0 Å². The molecule has 0 amide bonds. The van der Waals surface area contributed by atoms with E-state index in [2.05, 4.69) is 14.6 Å². The van der Waals surface area contributed by atoms with Crippen LogP contribution in [0.15, 0.2) is 23.2 Å². The van der Waals surface area contributed by atoms with Crippen LogP contribution in [0.4, 0.5) is 0 Å². The molecule has 106 valence electrons. The molecule has 1 aromatic rings. The van der Waals surface area contributed by atoms with E-state index in [-0.39, 0.29) is 4.90 Å². The number of nitrogens with two attached hydrogens (primary N) is 1. The average molecular weight is 284 g/mol. The van der Waals surface area contributed by atoms with Crippen LogP contribution >= 0.6 is 0 Å². The second-order valence-electron chi connectivity index (χ2n) is 4.64. The lowest BCUT2D eigenvalue weighted by Gasteiger charge is -2.14. The Kier molecular flexibility index (Phi) is 4.87. The van der Waals surface area contributed by atoms with Crippen LogP contribution in [-0.2, 0) is 16.6 Å². The molecule has 0 atom stereocenters. The van der Waals surface area contributed by atoms with Crippen LogP contribution in [-0.4, -0.2) is 44.5 Å². The number of nitrogens with one attached hydrogen (secondary N) is 1. The summed E-state index contributed by atoms with van der Waals surface area (Å²) in [6.45, 7) is 3.63. The summed E-state index contributed by atoms with van der Waals surface area (Å²) in [7, 11) is -3.46. The maximum atomic E-state index is 12.0. The summed E-state index contributed by atoms with van der Waals surface area (Å²) < 4.78 is 26.6. The van der Waals surface area contributed by atoms with Crippen LogP contribution in [0.1, 0.15) is 18.5 Å². The highest BCUT2D eigenvalue weighted by Gasteiger charge is 2.16. The third kappa shape index (κ3) is 3.97. The van der Waals surface area contributed by atoms with Gasteiger partial charge in [-0.3, -0.25) is 4.98 Å². The number of aromatic nitrogens is 1. The summed E-state index contributed by atoms with van der Waals surface area (Å²) in [6.07, 6.45) is 3.76. The van der Waals surface area contributed by atoms with Gasteiger partial charge in [0.05, 0.1) is 5.69 Å². The van der Waals surface area contributed by atoms with E-state index in [1.807, 2.05) is 0 Å². The van der Waals surface area contributed by atoms with Crippen molar-refractivity contribution in [3.05, 3.63) is 24.0 Å². The average Bonchev–Trinajstić information content (AvgIpc) is 2.92. The van der Waals surface area contributed by atoms with Crippen LogP contribution in [0, 0.1) is 0 Å². The molecule has 0 aromatic carbocycles. The van der Waals surface area contributed by atoms with Gasteiger partial charge in [-0.1, -0.05) is 0 Å². The van der Waals surface area contributed by atoms with Crippen molar-refractivity contribution in [2.24, 2.45) is 5.73 Å². The number of rotatable bonds is 6. The first-order chi connectivity index (χ1) is 9.12. The van der Waals surface area contributed by atoms with Gasteiger partial charge < -0.3 is 10.6 Å². The van der Waals surface area contributed by atoms with Gasteiger partial charge in [-0.25, -0.2) is 13.1 Å². The maximum absolute atomic E-state index is 12.0. The smallest absolute Gasteiger partial charge is 0.242 e. The standard InChI is InChI=1S/C12H20N4O2S/c13-9-11-3-4-12(10-14-11)19(17,18)15-5-8-16-6-1-2-7-16/h3-4,10,15H,1-2,5-9,13H2. The lowest BCUT2D eigenvalue weighted by Crippen LogP contribution is -2.33. The molecular weight excluding hydrogens is 264 g/mol. The van der Waals surface area contributed by atoms with Crippen molar-refractivity contribution in [2.45, 2.75) is 24.3 Å². The van der Waals surface area contributed by atoms with Gasteiger partial charge in [-0.2, -0.15) is 0 Å². The number of nitrogens with zero attached hydrogens (tertiary/aromatic N) is 2. The summed E-state index contributed by atoms with van der Waals surface area (Å²) in [6, 6.07) is 3.17. The van der Waals surface area contributed by atoms with Crippen molar-refractivity contribution < 1.29 is 8.42 Å². The molecular formula is C12H20N4O2S. The van der Waals surface area contributed by atoms with Gasteiger partial charge in [0.25, 0.3) is 0 Å². The highest BCUT2D eigenvalue weighted by molar-refractivity contribution is 7.89. The Bertz CT molecular complexity index is 495. The van der Waals surface area contributed by atoms with E-state index >= 15 is 0 Å². The van der Waals surface area contributed by atoms with E-state index in [0.717, 1.165) is 19.6 Å². The lowest BCUT2D eigenvalue weighted by atomic mass is 10.4. The second-order valence-corrected chi connectivity index (χ2v) is 6.40. The summed E-state index contributed by atoms with van der Waals surface area (Å²) >= 11 is 0. The first-order valence-electron chi connectivity index (χ1n) is 6.49. The molecule has 0 bridgehead atoms. The molecule has 3 N–H and O–H groups in total. The van der Waals surface area contributed by atoms with Gasteiger partial charge >= 0.3 is 0 Å². The third-order valence-electron chi connectivity index (χ3n) is 3.24. The highest BCUT2D eigenvalue weighted by atomic mass is 32.2. The molecule has 0 saturated carbocycles. The minimum absolute atomic E-state index is 0.186. The first-order valence-corrected chi connectivity index (χ1v) is 7.97. The second kappa shape index (κ2) is 6.42. The van der Waals surface area contributed by atoms with E-state index in [4.69, 9.17) is 5.73 Å². The van der Waals surface area contributed by atoms with E-state index < -0.39 is 10.0 Å². The van der Waals surface area contributed by atoms with Crippen LogP contribution in [0.3, 0.4) is 0 Å². The van der Waals surface area contributed by atoms with Crippen molar-refractivity contribution in [2.75, 3.05) is 26.2 Å². The Balaban J connectivity index is 1.89. The zero-order valence-electron chi connectivity index (χ0n) is 10.9. The van der Waals surface area contributed by atoms with Gasteiger partial charge in [0.1, 0.15) is 4.90 Å². The topological polar surface area (TPSA) is 88.3 Å². The van der Waals surface area contributed by atoms with E-state index in [0.29, 0.717) is 18.8 Å². The lowest BCUT2D eigenvalue weighted by molar-refractivity contribution is 0.344. The number of hydrogen-bond donors (Lipinski definition) is 2. The van der Waals surface area contributed by atoms with Crippen molar-refractivity contribution in [3.8, 4) is 0 Å². The highest BCUT2D eigenvalue weighted by Crippen LogP contribution is 2.08. The van der Waals surface area contributed by atoms with Gasteiger partial charge in [-0.05, 0) is 38.1 Å². The summed E-state index contributed by atoms with van der Waals surface area (Å²) in [5.74, 6) is 0. The Morgan fingerprint density at radius 3 is 2.63 bits per heavy atom. The molecule has 2 heterocycles. The minimum Gasteiger partial charge on any atom is -0.325 e. The maximum Gasteiger partial charge on any atom is 0.242 e. The molecule has 0 unspecified atom stereocenters. The fourth-order valence-electron chi connectivity index (χ4n) is 2.12. The van der Waals surface area contributed by atoms with Crippen molar-refractivity contribution in [3.63, 3.8) is 0 Å². The molecule has 1 fully saturated rings. The SMILES string of the molecule is NCc1ccc(S(=O)(=O)NCCN2CCCC2)cn1. The molecule has 0 radical (unpaired) electrons. The van der Waals surface area contributed by atoms with Crippen LogP contribution in [0.2, 0.25) is 0 Å². The zero-order chi connectivity index (χ0) is 13.7. The van der Waals surface area contributed by atoms with Crippen molar-refractivity contribution >= 4 is 10.0 Å². The third-order valence-corrected chi connectivity index (χ3v) is 4.68. The van der Waals surface area contributed by atoms with Gasteiger partial charge in [-0.15, -0.1) is 0 Å². The molecule has 1 aliphatic heterocycles. The fourth-order valence-corrected chi connectivity index (χ4v) is 3.08. The normalized spacial score (nSPS) is 16.9. The summed E-state index contributed by atoms with van der Waals surface area (Å²) in [5, 5.41) is 0. The zero-order valence-corrected chi connectivity index (χ0v) is 11.7. The molecule has 6 nitrogen and oxygen atoms in total. The first kappa shape index (κ1) is 14.4. The fraction of sp³-hybridized carbons (Fsp3) is 0.583. The van der Waals surface area contributed by atoms with Crippen LogP contribution in [0.5, 0.6) is 0 Å². The molecule has 19 heavy (non-hydrogen) atoms. The minimum atomic E-state index is -3.46. The molecule has 1 aromatic heterocycles. The van der Waals surface area contributed by atoms with E-state index in [1.165, 1.54) is 25.1 Å². The predicted molar refractivity (Wildman–Crippen MR) is 73.0 cm³/mol. The number of pyridine rings is 1. The molecule has 1 saturated heterocycles. The monoisotopic (exact) mass is 284 g/mol. The van der Waals surface area contributed by atoms with Crippen molar-refractivity contribution in [1.82, 2.24) is 14.6 Å². The van der Waals surface area contributed by atoms with Gasteiger partial charge in [0.15, 0.2) is 0 Å². The predicted octanol–water partition coefficient (Wildman–Crippen LogP) is -0.0856. The summed E-state index contributed by atoms with van der Waals surface area (Å²) in [4.78, 5) is 6.44. The van der Waals surface area contributed by atoms with Crippen LogP contribution in [0.25, 0.3) is 0 Å². The Labute approximate surface area is 114 Å². The number of hydrogen-bond acceptors (Lipinski definition) is 5. The number of sulfonamides is 1. The summed E-state index contributed by atoms with van der Waals surface area (Å²) in [5.41, 5.74) is 6.10. The Hall–Kier alpha value is -1.02.